The molecule has 1 aliphatic carbocycles. The van der Waals surface area contributed by atoms with Crippen molar-refractivity contribution in [3.63, 3.8) is 0 Å². The number of hydrogen-bond acceptors (Lipinski definition) is 4. The molecule has 0 aromatic carbocycles. The lowest BCUT2D eigenvalue weighted by Gasteiger charge is -2.51. The first-order valence-corrected chi connectivity index (χ1v) is 6.36. The second kappa shape index (κ2) is 5.83. The van der Waals surface area contributed by atoms with Gasteiger partial charge >= 0.3 is 5.97 Å². The van der Waals surface area contributed by atoms with Crippen molar-refractivity contribution in [2.75, 3.05) is 20.3 Å². The van der Waals surface area contributed by atoms with E-state index >= 15 is 0 Å². The van der Waals surface area contributed by atoms with Crippen LogP contribution in [-0.4, -0.2) is 38.4 Å². The largest absolute Gasteiger partial charge is 0.466 e. The number of esters is 1. The van der Waals surface area contributed by atoms with Gasteiger partial charge in [0.2, 0.25) is 0 Å². The Morgan fingerprint density at radius 2 is 2.18 bits per heavy atom. The van der Waals surface area contributed by atoms with Gasteiger partial charge in [0, 0.05) is 25.1 Å². The first-order chi connectivity index (χ1) is 7.93. The number of nitrogens with one attached hydrogen (secondary N) is 1. The van der Waals surface area contributed by atoms with Gasteiger partial charge in [0.15, 0.2) is 0 Å². The van der Waals surface area contributed by atoms with Crippen molar-refractivity contribution in [3.05, 3.63) is 0 Å². The third-order valence-electron chi connectivity index (χ3n) is 3.82. The van der Waals surface area contributed by atoms with Crippen LogP contribution in [-0.2, 0) is 14.3 Å². The van der Waals surface area contributed by atoms with Gasteiger partial charge in [-0.05, 0) is 13.3 Å². The van der Waals surface area contributed by atoms with Crippen molar-refractivity contribution < 1.29 is 14.3 Å². The normalized spacial score (nSPS) is 28.3. The number of carbonyl (C=O) groups is 1. The lowest BCUT2D eigenvalue weighted by molar-refractivity contribution is -0.147. The number of ether oxygens (including phenoxy) is 2. The van der Waals surface area contributed by atoms with Gasteiger partial charge in [-0.3, -0.25) is 4.79 Å². The van der Waals surface area contributed by atoms with Crippen molar-refractivity contribution in [1.29, 1.82) is 0 Å². The molecular formula is C13H25NO3. The Labute approximate surface area is 104 Å². The number of rotatable bonds is 6. The van der Waals surface area contributed by atoms with Crippen molar-refractivity contribution in [1.82, 2.24) is 5.32 Å². The highest BCUT2D eigenvalue weighted by molar-refractivity contribution is 5.72. The standard InChI is InChI=1S/C13H25NO3/c1-6-17-12(15)9(2)8-14-10-7-11(16-5)13(10,3)4/h9-11,14H,6-8H2,1-5H3. The minimum absolute atomic E-state index is 0.0904. The Morgan fingerprint density at radius 3 is 2.65 bits per heavy atom. The quantitative estimate of drug-likeness (QED) is 0.720. The molecule has 0 aliphatic heterocycles. The summed E-state index contributed by atoms with van der Waals surface area (Å²) >= 11 is 0. The predicted octanol–water partition coefficient (Wildman–Crippen LogP) is 1.59. The summed E-state index contributed by atoms with van der Waals surface area (Å²) in [7, 11) is 1.75. The first kappa shape index (κ1) is 14.5. The lowest BCUT2D eigenvalue weighted by atomic mass is 9.64. The molecule has 1 aliphatic rings. The molecule has 0 aromatic heterocycles. The monoisotopic (exact) mass is 243 g/mol. The summed E-state index contributed by atoms with van der Waals surface area (Å²) in [5, 5.41) is 3.43. The zero-order chi connectivity index (χ0) is 13.1. The highest BCUT2D eigenvalue weighted by Crippen LogP contribution is 2.42. The maximum atomic E-state index is 11.5. The van der Waals surface area contributed by atoms with E-state index in [0.29, 0.717) is 25.3 Å². The summed E-state index contributed by atoms with van der Waals surface area (Å²) in [4.78, 5) is 11.5. The van der Waals surface area contributed by atoms with Crippen LogP contribution in [0.5, 0.6) is 0 Å². The summed E-state index contributed by atoms with van der Waals surface area (Å²) in [6, 6.07) is 0.421. The number of methoxy groups -OCH3 is 1. The third kappa shape index (κ3) is 3.19. The molecule has 0 aromatic rings. The molecule has 0 amide bonds. The topological polar surface area (TPSA) is 47.6 Å². The van der Waals surface area contributed by atoms with E-state index in [1.807, 2.05) is 13.8 Å². The molecule has 1 fully saturated rings. The number of hydrogen-bond donors (Lipinski definition) is 1. The van der Waals surface area contributed by atoms with Gasteiger partial charge in [0.25, 0.3) is 0 Å². The zero-order valence-electron chi connectivity index (χ0n) is 11.6. The molecule has 17 heavy (non-hydrogen) atoms. The molecule has 0 saturated heterocycles. The van der Waals surface area contributed by atoms with E-state index in [0.717, 1.165) is 6.42 Å². The molecule has 0 spiro atoms. The summed E-state index contributed by atoms with van der Waals surface area (Å²) in [6.45, 7) is 9.22. The third-order valence-corrected chi connectivity index (χ3v) is 3.82. The molecule has 4 heteroatoms. The van der Waals surface area contributed by atoms with Crippen LogP contribution in [0.4, 0.5) is 0 Å². The van der Waals surface area contributed by atoms with Crippen molar-refractivity contribution in [2.24, 2.45) is 11.3 Å². The van der Waals surface area contributed by atoms with Gasteiger partial charge in [0.05, 0.1) is 18.6 Å². The van der Waals surface area contributed by atoms with Gasteiger partial charge in [-0.25, -0.2) is 0 Å². The Bertz CT molecular complexity index is 265. The maximum absolute atomic E-state index is 11.5. The average Bonchev–Trinajstić information content (AvgIpc) is 2.27. The second-order valence-corrected chi connectivity index (χ2v) is 5.40. The zero-order valence-corrected chi connectivity index (χ0v) is 11.6. The van der Waals surface area contributed by atoms with E-state index in [2.05, 4.69) is 19.2 Å². The molecule has 100 valence electrons. The lowest BCUT2D eigenvalue weighted by Crippen LogP contribution is -2.61. The van der Waals surface area contributed by atoms with E-state index in [-0.39, 0.29) is 17.3 Å². The fourth-order valence-electron chi connectivity index (χ4n) is 2.32. The molecule has 0 heterocycles. The molecule has 4 nitrogen and oxygen atoms in total. The van der Waals surface area contributed by atoms with Crippen LogP contribution in [0.15, 0.2) is 0 Å². The fourth-order valence-corrected chi connectivity index (χ4v) is 2.32. The van der Waals surface area contributed by atoms with Crippen LogP contribution >= 0.6 is 0 Å². The average molecular weight is 243 g/mol. The summed E-state index contributed by atoms with van der Waals surface area (Å²) in [5.41, 5.74) is 0.142. The maximum Gasteiger partial charge on any atom is 0.309 e. The van der Waals surface area contributed by atoms with Crippen LogP contribution in [0.2, 0.25) is 0 Å². The Hall–Kier alpha value is -0.610. The minimum Gasteiger partial charge on any atom is -0.466 e. The van der Waals surface area contributed by atoms with Crippen molar-refractivity contribution in [3.8, 4) is 0 Å². The molecule has 1 saturated carbocycles. The first-order valence-electron chi connectivity index (χ1n) is 6.36. The highest BCUT2D eigenvalue weighted by atomic mass is 16.5. The van der Waals surface area contributed by atoms with Crippen molar-refractivity contribution >= 4 is 5.97 Å². The fraction of sp³-hybridized carbons (Fsp3) is 0.923. The van der Waals surface area contributed by atoms with Gasteiger partial charge in [0.1, 0.15) is 0 Å². The van der Waals surface area contributed by atoms with E-state index in [1.165, 1.54) is 0 Å². The van der Waals surface area contributed by atoms with E-state index < -0.39 is 0 Å². The van der Waals surface area contributed by atoms with Crippen LogP contribution in [0.1, 0.15) is 34.1 Å². The Morgan fingerprint density at radius 1 is 1.53 bits per heavy atom. The summed E-state index contributed by atoms with van der Waals surface area (Å²) in [5.74, 6) is -0.215. The Kier molecular flexibility index (Phi) is 4.95. The van der Waals surface area contributed by atoms with Crippen LogP contribution in [0.25, 0.3) is 0 Å². The van der Waals surface area contributed by atoms with Crippen LogP contribution < -0.4 is 5.32 Å². The van der Waals surface area contributed by atoms with Gasteiger partial charge in [-0.15, -0.1) is 0 Å². The number of carbonyl (C=O) groups excluding carboxylic acids is 1. The van der Waals surface area contributed by atoms with Crippen LogP contribution in [0, 0.1) is 11.3 Å². The highest BCUT2D eigenvalue weighted by Gasteiger charge is 2.48. The summed E-state index contributed by atoms with van der Waals surface area (Å²) in [6.07, 6.45) is 1.33. The summed E-state index contributed by atoms with van der Waals surface area (Å²) < 4.78 is 10.4. The minimum atomic E-state index is -0.125. The predicted molar refractivity (Wildman–Crippen MR) is 66.8 cm³/mol. The SMILES string of the molecule is CCOC(=O)C(C)CNC1CC(OC)C1(C)C. The smallest absolute Gasteiger partial charge is 0.309 e. The molecule has 3 atom stereocenters. The Balaban J connectivity index is 2.31. The van der Waals surface area contributed by atoms with Gasteiger partial charge in [-0.2, -0.15) is 0 Å². The van der Waals surface area contributed by atoms with E-state index in [9.17, 15) is 4.79 Å². The second-order valence-electron chi connectivity index (χ2n) is 5.40. The molecule has 3 unspecified atom stereocenters. The molecule has 0 radical (unpaired) electrons. The van der Waals surface area contributed by atoms with E-state index in [1.54, 1.807) is 7.11 Å². The molecule has 0 bridgehead atoms. The molecular weight excluding hydrogens is 218 g/mol. The molecule has 1 N–H and O–H groups in total. The van der Waals surface area contributed by atoms with Gasteiger partial charge in [-0.1, -0.05) is 20.8 Å². The van der Waals surface area contributed by atoms with Gasteiger partial charge < -0.3 is 14.8 Å². The van der Waals surface area contributed by atoms with Crippen molar-refractivity contribution in [2.45, 2.75) is 46.3 Å². The molecule has 1 rings (SSSR count). The van der Waals surface area contributed by atoms with Crippen LogP contribution in [0.3, 0.4) is 0 Å². The van der Waals surface area contributed by atoms with E-state index in [4.69, 9.17) is 9.47 Å².